The van der Waals surface area contributed by atoms with Crippen LogP contribution in [0.1, 0.15) is 42.4 Å². The maximum absolute atomic E-state index is 13.1. The van der Waals surface area contributed by atoms with Crippen LogP contribution >= 0.6 is 0 Å². The van der Waals surface area contributed by atoms with Gasteiger partial charge in [-0.2, -0.15) is 0 Å². The summed E-state index contributed by atoms with van der Waals surface area (Å²) in [6, 6.07) is 15.0. The summed E-state index contributed by atoms with van der Waals surface area (Å²) in [5.41, 5.74) is 7.56. The molecule has 3 N–H and O–H groups in total. The number of nitrogens with two attached hydrogens (primary N) is 1. The molecule has 0 fully saturated rings. The van der Waals surface area contributed by atoms with Crippen molar-refractivity contribution >= 4 is 17.5 Å². The van der Waals surface area contributed by atoms with Gasteiger partial charge < -0.3 is 20.7 Å². The van der Waals surface area contributed by atoms with Crippen molar-refractivity contribution in [2.45, 2.75) is 32.5 Å². The van der Waals surface area contributed by atoms with Gasteiger partial charge in [0, 0.05) is 11.7 Å². The Balaban J connectivity index is 1.91. The number of ether oxygens (including phenoxy) is 1. The summed E-state index contributed by atoms with van der Waals surface area (Å²) in [7, 11) is 0. The Hall–Kier alpha value is -3.02. The number of carbonyl (C=O) groups is 2. The van der Waals surface area contributed by atoms with Crippen molar-refractivity contribution in [3.8, 4) is 5.75 Å². The summed E-state index contributed by atoms with van der Waals surface area (Å²) in [6.07, 6.45) is 0.587. The van der Waals surface area contributed by atoms with Gasteiger partial charge in [-0.05, 0) is 43.2 Å². The number of para-hydroxylation sites is 1. The Morgan fingerprint density at radius 1 is 1.23 bits per heavy atom. The molecule has 0 bridgehead atoms. The van der Waals surface area contributed by atoms with E-state index in [9.17, 15) is 9.59 Å². The molecule has 0 saturated heterocycles. The van der Waals surface area contributed by atoms with E-state index in [1.165, 1.54) is 0 Å². The van der Waals surface area contributed by atoms with E-state index in [1.54, 1.807) is 12.1 Å². The second-order valence-corrected chi connectivity index (χ2v) is 6.39. The summed E-state index contributed by atoms with van der Waals surface area (Å²) in [5.74, 6) is 0.0612. The van der Waals surface area contributed by atoms with Crippen LogP contribution in [0.4, 0.5) is 5.69 Å². The lowest BCUT2D eigenvalue weighted by Crippen LogP contribution is -2.47. The fourth-order valence-corrected chi connectivity index (χ4v) is 3.06. The molecule has 1 aliphatic heterocycles. The van der Waals surface area contributed by atoms with Crippen LogP contribution in [0.25, 0.3) is 0 Å². The van der Waals surface area contributed by atoms with Crippen molar-refractivity contribution in [1.82, 2.24) is 4.90 Å². The van der Waals surface area contributed by atoms with E-state index in [0.717, 1.165) is 17.7 Å². The minimum Gasteiger partial charge on any atom is -0.484 e. The number of nitrogens with one attached hydrogen (secondary N) is 1. The summed E-state index contributed by atoms with van der Waals surface area (Å²) < 4.78 is 5.31. The molecular weight excluding hydrogens is 330 g/mol. The van der Waals surface area contributed by atoms with Crippen LogP contribution in [0.5, 0.6) is 5.75 Å². The summed E-state index contributed by atoms with van der Waals surface area (Å²) >= 11 is 0. The molecule has 0 aliphatic carbocycles. The van der Waals surface area contributed by atoms with Crippen molar-refractivity contribution in [1.29, 1.82) is 0 Å². The molecule has 2 atom stereocenters. The third-order valence-corrected chi connectivity index (χ3v) is 4.60. The highest BCUT2D eigenvalue weighted by Crippen LogP contribution is 2.35. The second-order valence-electron chi connectivity index (χ2n) is 6.39. The van der Waals surface area contributed by atoms with Crippen LogP contribution < -0.4 is 15.8 Å². The average molecular weight is 353 g/mol. The normalized spacial score (nSPS) is 17.2. The zero-order chi connectivity index (χ0) is 18.7. The van der Waals surface area contributed by atoms with Crippen molar-refractivity contribution < 1.29 is 14.3 Å². The predicted octanol–water partition coefficient (Wildman–Crippen LogP) is 2.92. The van der Waals surface area contributed by atoms with Gasteiger partial charge in [0.15, 0.2) is 6.61 Å². The van der Waals surface area contributed by atoms with Crippen LogP contribution in [0.2, 0.25) is 0 Å². The van der Waals surface area contributed by atoms with Gasteiger partial charge in [-0.1, -0.05) is 31.2 Å². The van der Waals surface area contributed by atoms with Crippen LogP contribution in [0.3, 0.4) is 0 Å². The number of nitrogens with zero attached hydrogens (tertiary/aromatic N) is 1. The molecule has 1 heterocycles. The van der Waals surface area contributed by atoms with E-state index in [-0.39, 0.29) is 24.7 Å². The highest BCUT2D eigenvalue weighted by Gasteiger charge is 2.35. The summed E-state index contributed by atoms with van der Waals surface area (Å²) in [4.78, 5) is 25.8. The summed E-state index contributed by atoms with van der Waals surface area (Å²) in [6.45, 7) is 3.95. The monoisotopic (exact) mass is 353 g/mol. The van der Waals surface area contributed by atoms with Crippen molar-refractivity contribution in [3.63, 3.8) is 0 Å². The third-order valence-electron chi connectivity index (χ3n) is 4.60. The lowest BCUT2D eigenvalue weighted by Gasteiger charge is -2.41. The molecule has 2 amide bonds. The smallest absolute Gasteiger partial charge is 0.258 e. The van der Waals surface area contributed by atoms with Crippen LogP contribution in [0, 0.1) is 0 Å². The fraction of sp³-hybridized carbons (Fsp3) is 0.300. The largest absolute Gasteiger partial charge is 0.484 e. The molecule has 0 saturated carbocycles. The maximum Gasteiger partial charge on any atom is 0.258 e. The first-order chi connectivity index (χ1) is 12.5. The van der Waals surface area contributed by atoms with Crippen LogP contribution in [0.15, 0.2) is 48.5 Å². The number of anilines is 1. The average Bonchev–Trinajstić information content (AvgIpc) is 2.66. The summed E-state index contributed by atoms with van der Waals surface area (Å²) in [5, 5.41) is 3.47. The SMILES string of the molecule is CC[C@@H](C)N1C(=O)c2ccccc2N[C@H]1c1ccc(OCC(N)=O)cc1. The zero-order valence-electron chi connectivity index (χ0n) is 14.9. The molecule has 0 aromatic heterocycles. The van der Waals surface area contributed by atoms with Gasteiger partial charge >= 0.3 is 0 Å². The molecular formula is C20H23N3O3. The van der Waals surface area contributed by atoms with Gasteiger partial charge in [-0.15, -0.1) is 0 Å². The highest BCUT2D eigenvalue weighted by molar-refractivity contribution is 6.01. The zero-order valence-corrected chi connectivity index (χ0v) is 14.9. The Labute approximate surface area is 152 Å². The van der Waals surface area contributed by atoms with Crippen molar-refractivity contribution in [2.75, 3.05) is 11.9 Å². The van der Waals surface area contributed by atoms with E-state index < -0.39 is 5.91 Å². The van der Waals surface area contributed by atoms with Crippen LogP contribution in [-0.4, -0.2) is 29.4 Å². The van der Waals surface area contributed by atoms with Gasteiger partial charge in [0.25, 0.3) is 11.8 Å². The first-order valence-corrected chi connectivity index (χ1v) is 8.70. The Bertz CT molecular complexity index is 804. The van der Waals surface area contributed by atoms with Gasteiger partial charge in [0.05, 0.1) is 5.56 Å². The number of carbonyl (C=O) groups excluding carboxylic acids is 2. The molecule has 0 unspecified atom stereocenters. The number of rotatable bonds is 6. The second kappa shape index (κ2) is 7.47. The number of primary amides is 1. The minimum atomic E-state index is -0.520. The van der Waals surface area contributed by atoms with E-state index in [2.05, 4.69) is 12.2 Å². The standard InChI is InChI=1S/C20H23N3O3/c1-3-13(2)23-19(22-17-7-5-4-6-16(17)20(23)25)14-8-10-15(11-9-14)26-12-18(21)24/h4-11,13,19,22H,3,12H2,1-2H3,(H2,21,24)/t13-,19-/m1/s1. The van der Waals surface area contributed by atoms with Gasteiger partial charge in [-0.3, -0.25) is 9.59 Å². The number of amides is 2. The van der Waals surface area contributed by atoms with Gasteiger partial charge in [-0.25, -0.2) is 0 Å². The Kier molecular flexibility index (Phi) is 5.11. The molecule has 2 aromatic carbocycles. The third kappa shape index (κ3) is 3.49. The van der Waals surface area contributed by atoms with Gasteiger partial charge in [0.2, 0.25) is 0 Å². The van der Waals surface area contributed by atoms with Crippen molar-refractivity contribution in [3.05, 3.63) is 59.7 Å². The van der Waals surface area contributed by atoms with E-state index in [0.29, 0.717) is 11.3 Å². The lowest BCUT2D eigenvalue weighted by atomic mass is 10.0. The quantitative estimate of drug-likeness (QED) is 0.836. The molecule has 6 heteroatoms. The number of hydrogen-bond acceptors (Lipinski definition) is 4. The Morgan fingerprint density at radius 3 is 2.58 bits per heavy atom. The van der Waals surface area contributed by atoms with Crippen molar-refractivity contribution in [2.24, 2.45) is 5.73 Å². The molecule has 0 radical (unpaired) electrons. The molecule has 2 aromatic rings. The number of hydrogen-bond donors (Lipinski definition) is 2. The molecule has 6 nitrogen and oxygen atoms in total. The first-order valence-electron chi connectivity index (χ1n) is 8.70. The van der Waals surface area contributed by atoms with E-state index in [4.69, 9.17) is 10.5 Å². The molecule has 26 heavy (non-hydrogen) atoms. The topological polar surface area (TPSA) is 84.7 Å². The molecule has 0 spiro atoms. The molecule has 1 aliphatic rings. The van der Waals surface area contributed by atoms with Crippen LogP contribution in [-0.2, 0) is 4.79 Å². The van der Waals surface area contributed by atoms with E-state index in [1.807, 2.05) is 48.2 Å². The number of fused-ring (bicyclic) bond motifs is 1. The Morgan fingerprint density at radius 2 is 1.92 bits per heavy atom. The molecule has 3 rings (SSSR count). The lowest BCUT2D eigenvalue weighted by molar-refractivity contribution is -0.119. The molecule has 136 valence electrons. The highest BCUT2D eigenvalue weighted by atomic mass is 16.5. The minimum absolute atomic E-state index is 0.0211. The number of benzene rings is 2. The fourth-order valence-electron chi connectivity index (χ4n) is 3.06. The van der Waals surface area contributed by atoms with E-state index >= 15 is 0 Å². The van der Waals surface area contributed by atoms with Gasteiger partial charge in [0.1, 0.15) is 11.9 Å². The predicted molar refractivity (Wildman–Crippen MR) is 99.9 cm³/mol. The first kappa shape index (κ1) is 17.8. The maximum atomic E-state index is 13.1.